The normalized spacial score (nSPS) is 26.7. The first-order valence-corrected chi connectivity index (χ1v) is 18.7. The van der Waals surface area contributed by atoms with Crippen LogP contribution in [0, 0.1) is 23.7 Å². The number of thiophene rings is 1. The first-order chi connectivity index (χ1) is 23.8. The van der Waals surface area contributed by atoms with Crippen molar-refractivity contribution in [2.24, 2.45) is 23.7 Å². The minimum atomic E-state index is 0.190. The van der Waals surface area contributed by atoms with Crippen LogP contribution in [-0.4, -0.2) is 0 Å². The maximum atomic E-state index is 2.61. The van der Waals surface area contributed by atoms with E-state index in [1.165, 1.54) is 85.2 Å². The number of hydrogen-bond acceptors (Lipinski definition) is 2. The van der Waals surface area contributed by atoms with E-state index in [2.05, 4.69) is 138 Å². The van der Waals surface area contributed by atoms with Gasteiger partial charge in [-0.2, -0.15) is 0 Å². The molecule has 1 aromatic heterocycles. The molecule has 7 aromatic rings. The van der Waals surface area contributed by atoms with Crippen molar-refractivity contribution < 1.29 is 0 Å². The molecule has 0 aliphatic heterocycles. The molecule has 1 nitrogen and oxygen atoms in total. The standard InChI is InChI=1S/C46H35NS/c1-2-10-28(11-3-1)32-12-4-6-17-39(32)47(31-20-21-34-33-13-5-7-19-41(33)48-42(34)26-31)40-18-9-16-37-44(40)36-15-8-14-35-43-29-22-27-23-30(25-29)46(37,45(35)36)38(43)24-27/h1-21,26-27,29-30,38,43H,22-25H2. The summed E-state index contributed by atoms with van der Waals surface area (Å²) < 4.78 is 2.69. The number of hydrogen-bond donors (Lipinski definition) is 0. The molecule has 0 saturated heterocycles. The third kappa shape index (κ3) is 3.14. The fraction of sp³-hybridized carbons (Fsp3) is 0.217. The minimum Gasteiger partial charge on any atom is -0.309 e. The summed E-state index contributed by atoms with van der Waals surface area (Å²) in [6, 6.07) is 50.8. The summed E-state index contributed by atoms with van der Waals surface area (Å²) in [6.45, 7) is 0. The van der Waals surface area contributed by atoms with Crippen LogP contribution in [0.4, 0.5) is 17.1 Å². The van der Waals surface area contributed by atoms with Gasteiger partial charge in [-0.1, -0.05) is 103 Å². The van der Waals surface area contributed by atoms with Crippen LogP contribution in [-0.2, 0) is 5.41 Å². The van der Waals surface area contributed by atoms with Gasteiger partial charge in [0.1, 0.15) is 0 Å². The third-order valence-corrected chi connectivity index (χ3v) is 14.5. The Morgan fingerprint density at radius 2 is 1.40 bits per heavy atom. The molecule has 6 bridgehead atoms. The Morgan fingerprint density at radius 3 is 2.35 bits per heavy atom. The zero-order valence-electron chi connectivity index (χ0n) is 26.8. The van der Waals surface area contributed by atoms with Crippen LogP contribution in [0.3, 0.4) is 0 Å². The lowest BCUT2D eigenvalue weighted by Gasteiger charge is -2.60. The lowest BCUT2D eigenvalue weighted by atomic mass is 9.43. The molecule has 6 atom stereocenters. The lowest BCUT2D eigenvalue weighted by Crippen LogP contribution is -2.54. The van der Waals surface area contributed by atoms with E-state index in [1.807, 2.05) is 11.3 Å². The van der Waals surface area contributed by atoms with E-state index in [9.17, 15) is 0 Å². The molecule has 6 aromatic carbocycles. The van der Waals surface area contributed by atoms with E-state index < -0.39 is 0 Å². The number of anilines is 3. The molecule has 0 radical (unpaired) electrons. The Hall–Kier alpha value is -4.66. The van der Waals surface area contributed by atoms with Crippen molar-refractivity contribution in [2.45, 2.75) is 37.0 Å². The summed E-state index contributed by atoms with van der Waals surface area (Å²) >= 11 is 1.91. The summed E-state index contributed by atoms with van der Waals surface area (Å²) in [5, 5.41) is 2.69. The van der Waals surface area contributed by atoms with Crippen LogP contribution in [0.5, 0.6) is 0 Å². The first-order valence-electron chi connectivity index (χ1n) is 17.9. The topological polar surface area (TPSA) is 3.24 Å². The van der Waals surface area contributed by atoms with E-state index in [-0.39, 0.29) is 5.41 Å². The van der Waals surface area contributed by atoms with Crippen molar-refractivity contribution in [3.63, 3.8) is 0 Å². The molecule has 6 unspecified atom stereocenters. The maximum Gasteiger partial charge on any atom is 0.0543 e. The average molecular weight is 634 g/mol. The Kier molecular flexibility index (Phi) is 5.08. The van der Waals surface area contributed by atoms with Gasteiger partial charge < -0.3 is 4.90 Å². The SMILES string of the molecule is c1ccc(-c2ccccc2N(c2ccc3c(c2)sc2ccccc23)c2cccc3c2-c2cccc4c2C32C3CC5CC(C3)C4C2C5)cc1. The number of benzene rings is 6. The molecule has 48 heavy (non-hydrogen) atoms. The minimum absolute atomic E-state index is 0.190. The molecule has 0 amide bonds. The van der Waals surface area contributed by atoms with Crippen LogP contribution in [0.2, 0.25) is 0 Å². The molecule has 4 saturated carbocycles. The Morgan fingerprint density at radius 1 is 0.604 bits per heavy atom. The van der Waals surface area contributed by atoms with Gasteiger partial charge >= 0.3 is 0 Å². The molecular formula is C46H35NS. The van der Waals surface area contributed by atoms with Crippen LogP contribution in [0.1, 0.15) is 48.3 Å². The molecule has 6 aliphatic carbocycles. The highest BCUT2D eigenvalue weighted by Gasteiger charge is 2.69. The molecular weight excluding hydrogens is 599 g/mol. The summed E-state index contributed by atoms with van der Waals surface area (Å²) in [5.74, 6) is 4.13. The molecule has 4 fully saturated rings. The van der Waals surface area contributed by atoms with E-state index in [0.29, 0.717) is 0 Å². The van der Waals surface area contributed by atoms with Crippen molar-refractivity contribution in [2.75, 3.05) is 4.90 Å². The molecule has 6 aliphatic rings. The van der Waals surface area contributed by atoms with E-state index >= 15 is 0 Å². The summed E-state index contributed by atoms with van der Waals surface area (Å²) in [6.07, 6.45) is 5.71. The largest absolute Gasteiger partial charge is 0.309 e. The molecule has 1 spiro atoms. The van der Waals surface area contributed by atoms with Crippen molar-refractivity contribution in [3.8, 4) is 22.3 Å². The number of rotatable bonds is 4. The Balaban J connectivity index is 1.15. The highest BCUT2D eigenvalue weighted by molar-refractivity contribution is 7.25. The smallest absolute Gasteiger partial charge is 0.0543 e. The van der Waals surface area contributed by atoms with Gasteiger partial charge in [0.2, 0.25) is 0 Å². The molecule has 13 rings (SSSR count). The van der Waals surface area contributed by atoms with Gasteiger partial charge in [-0.3, -0.25) is 0 Å². The van der Waals surface area contributed by atoms with Gasteiger partial charge in [-0.05, 0) is 113 Å². The molecule has 1 heterocycles. The number of fused-ring (bicyclic) bond motifs is 5. The quantitative estimate of drug-likeness (QED) is 0.186. The lowest BCUT2D eigenvalue weighted by molar-refractivity contribution is -0.0431. The van der Waals surface area contributed by atoms with Crippen LogP contribution >= 0.6 is 11.3 Å². The van der Waals surface area contributed by atoms with E-state index in [4.69, 9.17) is 0 Å². The first kappa shape index (κ1) is 26.3. The van der Waals surface area contributed by atoms with Gasteiger partial charge in [-0.25, -0.2) is 0 Å². The van der Waals surface area contributed by atoms with Gasteiger partial charge in [0.15, 0.2) is 0 Å². The fourth-order valence-corrected chi connectivity index (χ4v) is 13.2. The Labute approximate surface area is 285 Å². The summed E-state index contributed by atoms with van der Waals surface area (Å²) in [5.41, 5.74) is 14.5. The molecule has 0 N–H and O–H groups in total. The second-order valence-electron chi connectivity index (χ2n) is 15.2. The fourth-order valence-electron chi connectivity index (χ4n) is 12.0. The van der Waals surface area contributed by atoms with E-state index in [0.717, 1.165) is 29.6 Å². The summed E-state index contributed by atoms with van der Waals surface area (Å²) in [7, 11) is 0. The van der Waals surface area contributed by atoms with Gasteiger partial charge in [-0.15, -0.1) is 11.3 Å². The van der Waals surface area contributed by atoms with Crippen molar-refractivity contribution in [1.29, 1.82) is 0 Å². The maximum absolute atomic E-state index is 2.61. The highest BCUT2D eigenvalue weighted by Crippen LogP contribution is 2.78. The van der Waals surface area contributed by atoms with Gasteiger partial charge in [0.25, 0.3) is 0 Å². The third-order valence-electron chi connectivity index (χ3n) is 13.3. The van der Waals surface area contributed by atoms with Crippen LogP contribution in [0.15, 0.2) is 133 Å². The number of nitrogens with zero attached hydrogens (tertiary/aromatic N) is 1. The van der Waals surface area contributed by atoms with Gasteiger partial charge in [0, 0.05) is 42.4 Å². The molecule has 230 valence electrons. The van der Waals surface area contributed by atoms with Crippen molar-refractivity contribution in [1.82, 2.24) is 0 Å². The highest BCUT2D eigenvalue weighted by atomic mass is 32.1. The summed E-state index contributed by atoms with van der Waals surface area (Å²) in [4.78, 5) is 2.61. The van der Waals surface area contributed by atoms with Gasteiger partial charge in [0.05, 0.1) is 11.4 Å². The van der Waals surface area contributed by atoms with Crippen molar-refractivity contribution >= 4 is 48.6 Å². The second-order valence-corrected chi connectivity index (χ2v) is 16.3. The monoisotopic (exact) mass is 633 g/mol. The number of para-hydroxylation sites is 1. The molecule has 2 heteroatoms. The zero-order chi connectivity index (χ0) is 31.1. The van der Waals surface area contributed by atoms with Crippen LogP contribution in [0.25, 0.3) is 42.4 Å². The predicted molar refractivity (Wildman–Crippen MR) is 201 cm³/mol. The van der Waals surface area contributed by atoms with E-state index in [1.54, 1.807) is 16.7 Å². The predicted octanol–water partition coefficient (Wildman–Crippen LogP) is 12.6. The Bertz CT molecular complexity index is 2470. The average Bonchev–Trinajstić information content (AvgIpc) is 3.74. The van der Waals surface area contributed by atoms with Crippen LogP contribution < -0.4 is 4.90 Å². The zero-order valence-corrected chi connectivity index (χ0v) is 27.6. The van der Waals surface area contributed by atoms with Crippen molar-refractivity contribution in [3.05, 3.63) is 150 Å². The second kappa shape index (κ2) is 9.27.